The van der Waals surface area contributed by atoms with E-state index in [2.05, 4.69) is 0 Å². The smallest absolute Gasteiger partial charge is 0.243 e. The van der Waals surface area contributed by atoms with E-state index in [1.807, 2.05) is 13.8 Å². The molecule has 0 unspecified atom stereocenters. The van der Waals surface area contributed by atoms with Crippen molar-refractivity contribution in [3.05, 3.63) is 24.0 Å². The molecule has 20 heavy (non-hydrogen) atoms. The topological polar surface area (TPSA) is 72.6 Å². The van der Waals surface area contributed by atoms with Crippen LogP contribution in [0, 0.1) is 11.7 Å². The first kappa shape index (κ1) is 16.9. The van der Waals surface area contributed by atoms with E-state index in [1.165, 1.54) is 23.5 Å². The Bertz CT molecular complexity index is 547. The molecule has 0 aliphatic rings. The second-order valence-corrected chi connectivity index (χ2v) is 6.87. The van der Waals surface area contributed by atoms with Gasteiger partial charge in [-0.1, -0.05) is 13.8 Å². The predicted octanol–water partition coefficient (Wildman–Crippen LogP) is 1.70. The van der Waals surface area contributed by atoms with Crippen molar-refractivity contribution in [2.75, 3.05) is 32.5 Å². The number of hydrogen-bond acceptors (Lipinski definition) is 4. The molecular weight excluding hydrogens is 283 g/mol. The zero-order chi connectivity index (χ0) is 15.3. The summed E-state index contributed by atoms with van der Waals surface area (Å²) in [5.74, 6) is -0.581. The number of anilines is 1. The number of methoxy groups -OCH3 is 1. The van der Waals surface area contributed by atoms with Gasteiger partial charge in [-0.3, -0.25) is 0 Å². The van der Waals surface area contributed by atoms with E-state index in [9.17, 15) is 12.8 Å². The van der Waals surface area contributed by atoms with Crippen LogP contribution in [-0.2, 0) is 14.8 Å². The van der Waals surface area contributed by atoms with Crippen molar-refractivity contribution in [3.8, 4) is 0 Å². The third-order valence-corrected chi connectivity index (χ3v) is 4.58. The van der Waals surface area contributed by atoms with Crippen LogP contribution in [0.2, 0.25) is 0 Å². The van der Waals surface area contributed by atoms with Crippen LogP contribution in [0.1, 0.15) is 13.8 Å². The zero-order valence-electron chi connectivity index (χ0n) is 12.0. The normalized spacial score (nSPS) is 12.3. The minimum absolute atomic E-state index is 0.0729. The van der Waals surface area contributed by atoms with Crippen LogP contribution < -0.4 is 5.73 Å². The molecule has 0 spiro atoms. The van der Waals surface area contributed by atoms with Crippen LogP contribution in [0.15, 0.2) is 23.1 Å². The summed E-state index contributed by atoms with van der Waals surface area (Å²) < 4.78 is 44.7. The van der Waals surface area contributed by atoms with Crippen LogP contribution in [0.5, 0.6) is 0 Å². The maximum absolute atomic E-state index is 13.5. The van der Waals surface area contributed by atoms with Gasteiger partial charge >= 0.3 is 0 Å². The van der Waals surface area contributed by atoms with E-state index in [1.54, 1.807) is 0 Å². The molecule has 0 aliphatic heterocycles. The summed E-state index contributed by atoms with van der Waals surface area (Å²) in [7, 11) is -2.25. The largest absolute Gasteiger partial charge is 0.396 e. The number of rotatable bonds is 7. The summed E-state index contributed by atoms with van der Waals surface area (Å²) in [5.41, 5.74) is 5.29. The molecule has 0 heterocycles. The molecule has 1 aromatic carbocycles. The number of halogens is 1. The maximum atomic E-state index is 13.5. The van der Waals surface area contributed by atoms with Gasteiger partial charge in [0.05, 0.1) is 17.2 Å². The summed E-state index contributed by atoms with van der Waals surface area (Å²) in [6.45, 7) is 4.68. The summed E-state index contributed by atoms with van der Waals surface area (Å²) in [6.07, 6.45) is 0. The van der Waals surface area contributed by atoms with Gasteiger partial charge in [0.15, 0.2) is 0 Å². The van der Waals surface area contributed by atoms with Gasteiger partial charge in [0, 0.05) is 20.2 Å². The Labute approximate surface area is 119 Å². The SMILES string of the molecule is COCCN(CC(C)C)S(=O)(=O)c1ccc(N)c(F)c1. The van der Waals surface area contributed by atoms with Crippen molar-refractivity contribution in [3.63, 3.8) is 0 Å². The number of benzene rings is 1. The van der Waals surface area contributed by atoms with Gasteiger partial charge in [0.1, 0.15) is 5.82 Å². The lowest BCUT2D eigenvalue weighted by atomic mass is 10.2. The van der Waals surface area contributed by atoms with Gasteiger partial charge in [0.25, 0.3) is 0 Å². The van der Waals surface area contributed by atoms with Gasteiger partial charge in [-0.25, -0.2) is 12.8 Å². The minimum Gasteiger partial charge on any atom is -0.396 e. The predicted molar refractivity (Wildman–Crippen MR) is 76.3 cm³/mol. The first-order valence-electron chi connectivity index (χ1n) is 6.33. The third kappa shape index (κ3) is 4.16. The van der Waals surface area contributed by atoms with Gasteiger partial charge < -0.3 is 10.5 Å². The Hall–Kier alpha value is -1.18. The van der Waals surface area contributed by atoms with Crippen molar-refractivity contribution in [2.24, 2.45) is 5.92 Å². The average molecular weight is 304 g/mol. The molecule has 0 radical (unpaired) electrons. The lowest BCUT2D eigenvalue weighted by Gasteiger charge is -2.23. The van der Waals surface area contributed by atoms with Crippen molar-refractivity contribution in [2.45, 2.75) is 18.7 Å². The van der Waals surface area contributed by atoms with Crippen LogP contribution >= 0.6 is 0 Å². The molecule has 5 nitrogen and oxygen atoms in total. The number of nitrogens with zero attached hydrogens (tertiary/aromatic N) is 1. The quantitative estimate of drug-likeness (QED) is 0.778. The Morgan fingerprint density at radius 1 is 1.40 bits per heavy atom. The average Bonchev–Trinajstić information content (AvgIpc) is 2.37. The van der Waals surface area contributed by atoms with Crippen LogP contribution in [0.4, 0.5) is 10.1 Å². The fraction of sp³-hybridized carbons (Fsp3) is 0.538. The number of ether oxygens (including phenoxy) is 1. The second kappa shape index (κ2) is 7.01. The Morgan fingerprint density at radius 3 is 2.55 bits per heavy atom. The van der Waals surface area contributed by atoms with Crippen LogP contribution in [0.3, 0.4) is 0 Å². The molecule has 0 amide bonds. The molecule has 0 aliphatic carbocycles. The highest BCUT2D eigenvalue weighted by atomic mass is 32.2. The molecule has 0 atom stereocenters. The van der Waals surface area contributed by atoms with Crippen molar-refractivity contribution >= 4 is 15.7 Å². The van der Waals surface area contributed by atoms with Gasteiger partial charge in [-0.15, -0.1) is 0 Å². The molecule has 0 aromatic heterocycles. The molecule has 0 fully saturated rings. The Balaban J connectivity index is 3.10. The summed E-state index contributed by atoms with van der Waals surface area (Å²) in [6, 6.07) is 3.52. The molecule has 0 saturated heterocycles. The molecule has 2 N–H and O–H groups in total. The number of sulfonamides is 1. The lowest BCUT2D eigenvalue weighted by molar-refractivity contribution is 0.175. The fourth-order valence-corrected chi connectivity index (χ4v) is 3.33. The van der Waals surface area contributed by atoms with Crippen LogP contribution in [-0.4, -0.2) is 39.5 Å². The maximum Gasteiger partial charge on any atom is 0.243 e. The molecule has 114 valence electrons. The standard InChI is InChI=1S/C13H21FN2O3S/c1-10(2)9-16(6-7-19-3)20(17,18)11-4-5-13(15)12(14)8-11/h4-5,8,10H,6-7,9,15H2,1-3H3. The zero-order valence-corrected chi connectivity index (χ0v) is 12.8. The van der Waals surface area contributed by atoms with Gasteiger partial charge in [-0.05, 0) is 24.1 Å². The molecule has 1 rings (SSSR count). The Morgan fingerprint density at radius 2 is 2.05 bits per heavy atom. The summed E-state index contributed by atoms with van der Waals surface area (Å²) >= 11 is 0. The lowest BCUT2D eigenvalue weighted by Crippen LogP contribution is -2.36. The van der Waals surface area contributed by atoms with E-state index < -0.39 is 15.8 Å². The molecule has 0 saturated carbocycles. The van der Waals surface area contributed by atoms with Crippen molar-refractivity contribution < 1.29 is 17.5 Å². The van der Waals surface area contributed by atoms with E-state index in [0.717, 1.165) is 6.07 Å². The first-order valence-corrected chi connectivity index (χ1v) is 7.77. The van der Waals surface area contributed by atoms with Crippen molar-refractivity contribution in [1.29, 1.82) is 0 Å². The van der Waals surface area contributed by atoms with Gasteiger partial charge in [0.2, 0.25) is 10.0 Å². The number of nitrogen functional groups attached to an aromatic ring is 1. The minimum atomic E-state index is -3.75. The highest BCUT2D eigenvalue weighted by Crippen LogP contribution is 2.20. The summed E-state index contributed by atoms with van der Waals surface area (Å²) in [5, 5.41) is 0. The molecule has 0 bridgehead atoms. The molecular formula is C13H21FN2O3S. The molecule has 1 aromatic rings. The number of nitrogens with two attached hydrogens (primary N) is 1. The Kier molecular flexibility index (Phi) is 5.91. The van der Waals surface area contributed by atoms with E-state index in [-0.39, 0.29) is 29.7 Å². The van der Waals surface area contributed by atoms with E-state index >= 15 is 0 Å². The summed E-state index contributed by atoms with van der Waals surface area (Å²) in [4.78, 5) is -0.0963. The van der Waals surface area contributed by atoms with Crippen molar-refractivity contribution in [1.82, 2.24) is 4.31 Å². The third-order valence-electron chi connectivity index (χ3n) is 2.72. The molecule has 7 heteroatoms. The van der Waals surface area contributed by atoms with Gasteiger partial charge in [-0.2, -0.15) is 4.31 Å². The highest BCUT2D eigenvalue weighted by molar-refractivity contribution is 7.89. The highest BCUT2D eigenvalue weighted by Gasteiger charge is 2.25. The first-order chi connectivity index (χ1) is 9.28. The second-order valence-electron chi connectivity index (χ2n) is 4.93. The fourth-order valence-electron chi connectivity index (χ4n) is 1.73. The van der Waals surface area contributed by atoms with E-state index in [4.69, 9.17) is 10.5 Å². The van der Waals surface area contributed by atoms with Crippen LogP contribution in [0.25, 0.3) is 0 Å². The number of hydrogen-bond donors (Lipinski definition) is 1. The monoisotopic (exact) mass is 304 g/mol. The van der Waals surface area contributed by atoms with E-state index in [0.29, 0.717) is 6.54 Å².